The van der Waals surface area contributed by atoms with Gasteiger partial charge in [0.1, 0.15) is 22.6 Å². The fourth-order valence-corrected chi connectivity index (χ4v) is 2.75. The summed E-state index contributed by atoms with van der Waals surface area (Å²) in [5.74, 6) is 0.190. The summed E-state index contributed by atoms with van der Waals surface area (Å²) in [5, 5.41) is 9.82. The van der Waals surface area contributed by atoms with Crippen molar-refractivity contribution in [2.75, 3.05) is 5.73 Å². The van der Waals surface area contributed by atoms with Gasteiger partial charge in [-0.25, -0.2) is 9.97 Å². The Kier molecular flexibility index (Phi) is 4.28. The first kappa shape index (κ1) is 15.5. The zero-order valence-electron chi connectivity index (χ0n) is 11.8. The van der Waals surface area contributed by atoms with Gasteiger partial charge in [0.25, 0.3) is 0 Å². The molecule has 3 rings (SSSR count). The largest absolute Gasteiger partial charge is 0.383 e. The summed E-state index contributed by atoms with van der Waals surface area (Å²) in [4.78, 5) is 8.37. The molecule has 1 aromatic carbocycles. The molecule has 0 radical (unpaired) electrons. The first-order chi connectivity index (χ1) is 11.1. The van der Waals surface area contributed by atoms with Crippen LogP contribution in [-0.2, 0) is 0 Å². The normalized spacial score (nSPS) is 10.3. The highest BCUT2D eigenvalue weighted by molar-refractivity contribution is 9.10. The highest BCUT2D eigenvalue weighted by Gasteiger charge is 2.13. The average Bonchev–Trinajstić information content (AvgIpc) is 2.55. The number of nitrogen functional groups attached to an aromatic ring is 1. The van der Waals surface area contributed by atoms with Crippen LogP contribution in [0.5, 0.6) is 0 Å². The van der Waals surface area contributed by atoms with E-state index in [9.17, 15) is 5.26 Å². The van der Waals surface area contributed by atoms with E-state index in [4.69, 9.17) is 17.3 Å². The van der Waals surface area contributed by atoms with Crippen LogP contribution >= 0.6 is 27.5 Å². The van der Waals surface area contributed by atoms with Gasteiger partial charge in [-0.05, 0) is 35.9 Å². The Balaban J connectivity index is 2.22. The Morgan fingerprint density at radius 3 is 2.61 bits per heavy atom. The quantitative estimate of drug-likeness (QED) is 0.650. The number of hydrogen-bond acceptors (Lipinski definition) is 4. The van der Waals surface area contributed by atoms with Gasteiger partial charge in [0.15, 0.2) is 0 Å². The predicted octanol–water partition coefficient (Wildman–Crippen LogP) is 4.68. The standard InChI is InChI=1S/C17H10BrClN4/c18-12-3-1-2-10(6-12)13-7-15(23-17(21)14(13)8-20)11-4-5-16(19)22-9-11/h1-7,9H,(H2,21,23). The molecular formula is C17H10BrClN4. The third-order valence-electron chi connectivity index (χ3n) is 3.32. The topological polar surface area (TPSA) is 75.6 Å². The van der Waals surface area contributed by atoms with Crippen LogP contribution in [0.25, 0.3) is 22.4 Å². The Hall–Kier alpha value is -2.42. The van der Waals surface area contributed by atoms with Gasteiger partial charge in [0, 0.05) is 21.8 Å². The second-order valence-corrected chi connectivity index (χ2v) is 6.11. The molecule has 2 heterocycles. The van der Waals surface area contributed by atoms with Gasteiger partial charge in [0.05, 0.1) is 5.69 Å². The van der Waals surface area contributed by atoms with Crippen molar-refractivity contribution in [1.82, 2.24) is 9.97 Å². The van der Waals surface area contributed by atoms with Crippen LogP contribution in [0.1, 0.15) is 5.56 Å². The molecule has 6 heteroatoms. The van der Waals surface area contributed by atoms with E-state index in [0.717, 1.165) is 21.2 Å². The molecule has 23 heavy (non-hydrogen) atoms. The molecule has 0 aliphatic carbocycles. The van der Waals surface area contributed by atoms with Crippen molar-refractivity contribution in [3.05, 3.63) is 63.9 Å². The van der Waals surface area contributed by atoms with Crippen molar-refractivity contribution in [3.8, 4) is 28.5 Å². The Morgan fingerprint density at radius 2 is 1.96 bits per heavy atom. The maximum absolute atomic E-state index is 9.42. The Labute approximate surface area is 146 Å². The predicted molar refractivity (Wildman–Crippen MR) is 94.7 cm³/mol. The van der Waals surface area contributed by atoms with E-state index < -0.39 is 0 Å². The zero-order valence-corrected chi connectivity index (χ0v) is 14.1. The number of benzene rings is 1. The molecule has 0 fully saturated rings. The third-order valence-corrected chi connectivity index (χ3v) is 4.03. The molecule has 0 saturated carbocycles. The molecule has 0 atom stereocenters. The number of hydrogen-bond donors (Lipinski definition) is 1. The molecule has 112 valence electrons. The highest BCUT2D eigenvalue weighted by Crippen LogP contribution is 2.32. The van der Waals surface area contributed by atoms with Crippen LogP contribution in [0, 0.1) is 11.3 Å². The number of nitrogens with zero attached hydrogens (tertiary/aromatic N) is 3. The van der Waals surface area contributed by atoms with Gasteiger partial charge in [-0.15, -0.1) is 0 Å². The van der Waals surface area contributed by atoms with Gasteiger partial charge in [-0.1, -0.05) is 39.7 Å². The minimum atomic E-state index is 0.190. The molecule has 0 saturated heterocycles. The third kappa shape index (κ3) is 3.19. The highest BCUT2D eigenvalue weighted by atomic mass is 79.9. The summed E-state index contributed by atoms with van der Waals surface area (Å²) in [6.45, 7) is 0. The van der Waals surface area contributed by atoms with Gasteiger partial charge >= 0.3 is 0 Å². The van der Waals surface area contributed by atoms with Crippen LogP contribution in [0.3, 0.4) is 0 Å². The summed E-state index contributed by atoms with van der Waals surface area (Å²) < 4.78 is 0.920. The number of nitrogens with two attached hydrogens (primary N) is 1. The van der Waals surface area contributed by atoms with E-state index in [-0.39, 0.29) is 5.82 Å². The van der Waals surface area contributed by atoms with Crippen molar-refractivity contribution in [2.45, 2.75) is 0 Å². The summed E-state index contributed by atoms with van der Waals surface area (Å²) in [6, 6.07) is 15.1. The minimum Gasteiger partial charge on any atom is -0.383 e. The first-order valence-corrected chi connectivity index (χ1v) is 7.84. The van der Waals surface area contributed by atoms with E-state index in [1.54, 1.807) is 12.3 Å². The van der Waals surface area contributed by atoms with Crippen molar-refractivity contribution in [3.63, 3.8) is 0 Å². The second kappa shape index (κ2) is 6.37. The minimum absolute atomic E-state index is 0.190. The molecule has 0 aliphatic rings. The molecule has 0 aliphatic heterocycles. The molecule has 0 amide bonds. The lowest BCUT2D eigenvalue weighted by atomic mass is 9.99. The van der Waals surface area contributed by atoms with Gasteiger partial charge in [-0.3, -0.25) is 0 Å². The van der Waals surface area contributed by atoms with Crippen molar-refractivity contribution in [2.24, 2.45) is 0 Å². The van der Waals surface area contributed by atoms with E-state index in [1.165, 1.54) is 0 Å². The number of anilines is 1. The van der Waals surface area contributed by atoms with Crippen LogP contribution in [0.2, 0.25) is 5.15 Å². The SMILES string of the molecule is N#Cc1c(-c2cccc(Br)c2)cc(-c2ccc(Cl)nc2)nc1N. The maximum atomic E-state index is 9.42. The van der Waals surface area contributed by atoms with Gasteiger partial charge < -0.3 is 5.73 Å². The van der Waals surface area contributed by atoms with Crippen LogP contribution in [0.4, 0.5) is 5.82 Å². The number of pyridine rings is 2. The van der Waals surface area contributed by atoms with E-state index in [0.29, 0.717) is 16.4 Å². The summed E-state index contributed by atoms with van der Waals surface area (Å²) in [6.07, 6.45) is 1.63. The van der Waals surface area contributed by atoms with Crippen LogP contribution in [-0.4, -0.2) is 9.97 Å². The van der Waals surface area contributed by atoms with Crippen LogP contribution in [0.15, 0.2) is 53.1 Å². The number of halogens is 2. The monoisotopic (exact) mass is 384 g/mol. The van der Waals surface area contributed by atoms with Crippen molar-refractivity contribution >= 4 is 33.3 Å². The molecule has 2 N–H and O–H groups in total. The summed E-state index contributed by atoms with van der Waals surface area (Å²) in [5.41, 5.74) is 9.37. The van der Waals surface area contributed by atoms with Crippen molar-refractivity contribution < 1.29 is 0 Å². The fourth-order valence-electron chi connectivity index (χ4n) is 2.24. The molecule has 0 unspecified atom stereocenters. The Bertz CT molecular complexity index is 917. The molecule has 0 spiro atoms. The molecule has 2 aromatic heterocycles. The lowest BCUT2D eigenvalue weighted by Crippen LogP contribution is -2.00. The van der Waals surface area contributed by atoms with E-state index >= 15 is 0 Å². The number of rotatable bonds is 2. The number of aromatic nitrogens is 2. The lowest BCUT2D eigenvalue weighted by Gasteiger charge is -2.10. The first-order valence-electron chi connectivity index (χ1n) is 6.67. The van der Waals surface area contributed by atoms with Gasteiger partial charge in [0.2, 0.25) is 0 Å². The summed E-state index contributed by atoms with van der Waals surface area (Å²) >= 11 is 9.26. The smallest absolute Gasteiger partial charge is 0.142 e. The van der Waals surface area contributed by atoms with Crippen LogP contribution < -0.4 is 5.73 Å². The Morgan fingerprint density at radius 1 is 1.13 bits per heavy atom. The maximum Gasteiger partial charge on any atom is 0.142 e. The lowest BCUT2D eigenvalue weighted by molar-refractivity contribution is 1.27. The van der Waals surface area contributed by atoms with E-state index in [2.05, 4.69) is 32.0 Å². The second-order valence-electron chi connectivity index (χ2n) is 4.81. The molecule has 4 nitrogen and oxygen atoms in total. The zero-order chi connectivity index (χ0) is 16.4. The van der Waals surface area contributed by atoms with Gasteiger partial charge in [-0.2, -0.15) is 5.26 Å². The fraction of sp³-hybridized carbons (Fsp3) is 0. The molecule has 3 aromatic rings. The number of nitriles is 1. The average molecular weight is 386 g/mol. The van der Waals surface area contributed by atoms with E-state index in [1.807, 2.05) is 36.4 Å². The molecule has 0 bridgehead atoms. The molecular weight excluding hydrogens is 376 g/mol. The van der Waals surface area contributed by atoms with Crippen molar-refractivity contribution in [1.29, 1.82) is 5.26 Å². The summed E-state index contributed by atoms with van der Waals surface area (Å²) in [7, 11) is 0.